The number of carbonyl (C=O) groups excluding carboxylic acids is 1. The average Bonchev–Trinajstić information content (AvgIpc) is 3.37. The molecule has 2 N–H and O–H groups in total. The van der Waals surface area contributed by atoms with Crippen LogP contribution in [0, 0.1) is 6.57 Å². The highest BCUT2D eigenvalue weighted by Gasteiger charge is 2.16. The van der Waals surface area contributed by atoms with Crippen molar-refractivity contribution in [1.29, 1.82) is 0 Å². The van der Waals surface area contributed by atoms with Crippen LogP contribution in [-0.2, 0) is 22.9 Å². The molecule has 0 aliphatic carbocycles. The van der Waals surface area contributed by atoms with Crippen molar-refractivity contribution in [2.45, 2.75) is 79.7 Å². The highest BCUT2D eigenvalue weighted by molar-refractivity contribution is 6.76. The summed E-state index contributed by atoms with van der Waals surface area (Å²) in [7, 11) is 0.880. The molecule has 2 aromatic heterocycles. The van der Waals surface area contributed by atoms with Crippen LogP contribution < -0.4 is 15.2 Å². The van der Waals surface area contributed by atoms with E-state index >= 15 is 0 Å². The first-order chi connectivity index (χ1) is 16.3. The number of amides is 1. The van der Waals surface area contributed by atoms with Gasteiger partial charge in [-0.3, -0.25) is 4.79 Å². The van der Waals surface area contributed by atoms with E-state index in [1.165, 1.54) is 18.9 Å². The summed E-state index contributed by atoms with van der Waals surface area (Å²) in [5.74, 6) is 0.541. The third kappa shape index (κ3) is 14.6. The Labute approximate surface area is 225 Å². The van der Waals surface area contributed by atoms with Gasteiger partial charge >= 0.3 is 5.82 Å². The Morgan fingerprint density at radius 3 is 1.65 bits per heavy atom. The maximum Gasteiger partial charge on any atom is 0.337 e. The van der Waals surface area contributed by atoms with Gasteiger partial charge in [0.05, 0.1) is 26.6 Å². The van der Waals surface area contributed by atoms with Gasteiger partial charge in [-0.15, -0.1) is 0 Å². The van der Waals surface area contributed by atoms with Crippen LogP contribution in [-0.4, -0.2) is 69.0 Å². The molecule has 2 aromatic rings. The summed E-state index contributed by atoms with van der Waals surface area (Å²) in [5, 5.41) is 8.08. The first-order valence-electron chi connectivity index (χ1n) is 11.3. The molecule has 0 aromatic carbocycles. The van der Waals surface area contributed by atoms with Crippen molar-refractivity contribution in [2.75, 3.05) is 27.4 Å². The summed E-state index contributed by atoms with van der Waals surface area (Å²) in [4.78, 5) is 14.4. The van der Waals surface area contributed by atoms with E-state index in [1.807, 2.05) is 0 Å². The van der Waals surface area contributed by atoms with E-state index < -0.39 is 22.1 Å². The van der Waals surface area contributed by atoms with Crippen LogP contribution in [0.4, 0.5) is 5.82 Å². The molecule has 0 radical (unpaired) electrons. The number of nitrogens with two attached hydrogens (primary N) is 1. The summed E-state index contributed by atoms with van der Waals surface area (Å²) < 4.78 is 24.2. The third-order valence-corrected chi connectivity index (χ3v) is 8.07. The SMILES string of the molecule is C.C.COc1cn(COCC[Si](C)(C)C)nc1C(N)=O.[C-]#[N+]c1nn(COCC[Si](C)(C)C)cc1OC. The van der Waals surface area contributed by atoms with E-state index in [2.05, 4.69) is 54.3 Å². The lowest BCUT2D eigenvalue weighted by Crippen LogP contribution is -2.22. The number of nitrogens with zero attached hydrogens (tertiary/aromatic N) is 5. The largest absolute Gasteiger partial charge is 0.504 e. The van der Waals surface area contributed by atoms with Crippen LogP contribution >= 0.6 is 0 Å². The quantitative estimate of drug-likeness (QED) is 0.201. The van der Waals surface area contributed by atoms with Crippen LogP contribution in [0.25, 0.3) is 4.85 Å². The lowest BCUT2D eigenvalue weighted by atomic mass is 10.4. The second kappa shape index (κ2) is 17.0. The molecule has 11 nitrogen and oxygen atoms in total. The van der Waals surface area contributed by atoms with Gasteiger partial charge < -0.3 is 29.5 Å². The molecular weight excluding hydrogens is 508 g/mol. The van der Waals surface area contributed by atoms with E-state index in [4.69, 9.17) is 31.3 Å². The Hall–Kier alpha value is -2.67. The van der Waals surface area contributed by atoms with Gasteiger partial charge in [0.15, 0.2) is 23.9 Å². The third-order valence-electron chi connectivity index (χ3n) is 4.66. The Balaban J connectivity index is 0. The second-order valence-electron chi connectivity index (χ2n) is 10.3. The van der Waals surface area contributed by atoms with Crippen LogP contribution in [0.1, 0.15) is 25.3 Å². The molecule has 0 aliphatic rings. The second-order valence-corrected chi connectivity index (χ2v) is 21.6. The monoisotopic (exact) mass is 556 g/mol. The molecule has 0 unspecified atom stereocenters. The normalized spacial score (nSPS) is 10.8. The number of aromatic nitrogens is 4. The minimum Gasteiger partial charge on any atom is -0.504 e. The fraction of sp³-hybridized carbons (Fsp3) is 0.667. The van der Waals surface area contributed by atoms with E-state index in [-0.39, 0.29) is 26.4 Å². The van der Waals surface area contributed by atoms with Crippen molar-refractivity contribution in [2.24, 2.45) is 5.73 Å². The van der Waals surface area contributed by atoms with E-state index in [9.17, 15) is 4.79 Å². The summed E-state index contributed by atoms with van der Waals surface area (Å²) in [6, 6.07) is 2.22. The maximum absolute atomic E-state index is 11.1. The zero-order valence-electron chi connectivity index (χ0n) is 22.3. The van der Waals surface area contributed by atoms with Crippen LogP contribution in [0.15, 0.2) is 12.4 Å². The standard InChI is InChI=1S/C11H21N3O3Si.C11H19N3O2Si.2CH4/c1-16-9-7-14(13-10(9)11(12)15)8-17-5-6-18(2,3)4;1-12-11-10(15-2)8-14(13-11)9-16-6-7-17(3,4)5;;/h7H,5-6,8H2,1-4H3,(H2,12,15);8H,6-7,9H2,2-5H3;2*1H4. The molecule has 0 atom stereocenters. The predicted octanol–water partition coefficient (Wildman–Crippen LogP) is 5.33. The number of ether oxygens (including phenoxy) is 4. The van der Waals surface area contributed by atoms with Gasteiger partial charge in [0.2, 0.25) is 0 Å². The number of hydrogen-bond acceptors (Lipinski definition) is 7. The molecule has 1 amide bonds. The smallest absolute Gasteiger partial charge is 0.337 e. The molecule has 212 valence electrons. The Kier molecular flexibility index (Phi) is 16.7. The Morgan fingerprint density at radius 1 is 0.892 bits per heavy atom. The fourth-order valence-electron chi connectivity index (χ4n) is 2.54. The highest BCUT2D eigenvalue weighted by atomic mass is 28.3. The summed E-state index contributed by atoms with van der Waals surface area (Å²) in [5.41, 5.74) is 5.32. The molecule has 0 aliphatic heterocycles. The van der Waals surface area contributed by atoms with Gasteiger partial charge in [0, 0.05) is 29.4 Å². The van der Waals surface area contributed by atoms with Crippen molar-refractivity contribution in [3.05, 3.63) is 29.5 Å². The molecule has 2 heterocycles. The van der Waals surface area contributed by atoms with Gasteiger partial charge in [0.25, 0.3) is 5.91 Å². The maximum atomic E-state index is 11.1. The van der Waals surface area contributed by atoms with Gasteiger partial charge in [-0.1, -0.05) is 60.7 Å². The highest BCUT2D eigenvalue weighted by Crippen LogP contribution is 2.24. The van der Waals surface area contributed by atoms with Crippen molar-refractivity contribution in [1.82, 2.24) is 19.6 Å². The number of primary amides is 1. The average molecular weight is 557 g/mol. The van der Waals surface area contributed by atoms with Crippen molar-refractivity contribution in [3.8, 4) is 11.5 Å². The molecule has 0 bridgehead atoms. The zero-order chi connectivity index (χ0) is 26.6. The number of carbonyl (C=O) groups is 1. The summed E-state index contributed by atoms with van der Waals surface area (Å²) >= 11 is 0. The molecule has 13 heteroatoms. The molecule has 0 saturated heterocycles. The number of rotatable bonds is 13. The van der Waals surface area contributed by atoms with Crippen molar-refractivity contribution < 1.29 is 23.7 Å². The minimum absolute atomic E-state index is 0. The summed E-state index contributed by atoms with van der Waals surface area (Å²) in [6.45, 7) is 22.8. The van der Waals surface area contributed by atoms with Crippen molar-refractivity contribution in [3.63, 3.8) is 0 Å². The van der Waals surface area contributed by atoms with Gasteiger partial charge in [-0.05, 0) is 17.2 Å². The van der Waals surface area contributed by atoms with Crippen LogP contribution in [0.5, 0.6) is 11.5 Å². The Bertz CT molecular complexity index is 974. The van der Waals surface area contributed by atoms with Gasteiger partial charge in [0.1, 0.15) is 6.73 Å². The topological polar surface area (TPSA) is 120 Å². The Morgan fingerprint density at radius 2 is 1.32 bits per heavy atom. The fourth-order valence-corrected chi connectivity index (χ4v) is 4.06. The molecular formula is C24H48N6O5Si2. The summed E-state index contributed by atoms with van der Waals surface area (Å²) in [6.07, 6.45) is 3.29. The number of methoxy groups -OCH3 is 2. The van der Waals surface area contributed by atoms with E-state index in [0.29, 0.717) is 31.6 Å². The molecule has 0 fully saturated rings. The predicted molar refractivity (Wildman–Crippen MR) is 154 cm³/mol. The van der Waals surface area contributed by atoms with Gasteiger partial charge in [-0.25, -0.2) is 4.68 Å². The zero-order valence-corrected chi connectivity index (χ0v) is 24.3. The lowest BCUT2D eigenvalue weighted by Gasteiger charge is -2.15. The van der Waals surface area contributed by atoms with Gasteiger partial charge in [-0.2, -0.15) is 9.78 Å². The van der Waals surface area contributed by atoms with E-state index in [1.54, 1.807) is 17.1 Å². The molecule has 37 heavy (non-hydrogen) atoms. The molecule has 2 rings (SSSR count). The van der Waals surface area contributed by atoms with E-state index in [0.717, 1.165) is 18.7 Å². The first-order valence-corrected chi connectivity index (χ1v) is 18.8. The molecule has 0 saturated carbocycles. The minimum atomic E-state index is -1.08. The van der Waals surface area contributed by atoms with Crippen LogP contribution in [0.2, 0.25) is 51.4 Å². The number of hydrogen-bond donors (Lipinski definition) is 1. The van der Waals surface area contributed by atoms with Crippen LogP contribution in [0.3, 0.4) is 0 Å². The lowest BCUT2D eigenvalue weighted by molar-refractivity contribution is 0.0777. The first kappa shape index (κ1) is 36.5. The van der Waals surface area contributed by atoms with Crippen molar-refractivity contribution >= 4 is 27.9 Å². The molecule has 0 spiro atoms.